The van der Waals surface area contributed by atoms with Gasteiger partial charge < -0.3 is 24.0 Å². The van der Waals surface area contributed by atoms with E-state index in [0.717, 1.165) is 51.0 Å². The molecule has 6 aromatic carbocycles. The van der Waals surface area contributed by atoms with Crippen molar-refractivity contribution in [1.29, 1.82) is 0 Å². The number of rotatable bonds is 11. The number of para-hydroxylation sites is 2. The first kappa shape index (κ1) is 31.6. The zero-order chi connectivity index (χ0) is 33.3. The molecule has 0 aliphatic heterocycles. The van der Waals surface area contributed by atoms with E-state index in [1.807, 2.05) is 72.8 Å². The molecule has 0 fully saturated rings. The third-order valence-electron chi connectivity index (χ3n) is 7.59. The zero-order valence-corrected chi connectivity index (χ0v) is 26.7. The Bertz CT molecular complexity index is 1980. The van der Waals surface area contributed by atoms with Crippen molar-refractivity contribution in [3.63, 3.8) is 0 Å². The number of ketones is 1. The highest BCUT2D eigenvalue weighted by Gasteiger charge is 2.16. The van der Waals surface area contributed by atoms with Gasteiger partial charge >= 0.3 is 6.16 Å². The molecule has 0 unspecified atom stereocenters. The van der Waals surface area contributed by atoms with Crippen LogP contribution in [0.2, 0.25) is 0 Å². The number of carbonyl (C=O) groups is 2. The van der Waals surface area contributed by atoms with Gasteiger partial charge in [0, 0.05) is 46.3 Å². The molecule has 0 saturated heterocycles. The molecule has 0 heterocycles. The molecule has 0 aliphatic rings. The van der Waals surface area contributed by atoms with E-state index in [1.165, 1.54) is 6.92 Å². The quantitative estimate of drug-likeness (QED) is 0.104. The van der Waals surface area contributed by atoms with Crippen molar-refractivity contribution in [2.24, 2.45) is 0 Å². The van der Waals surface area contributed by atoms with Crippen LogP contribution in [-0.2, 0) is 9.53 Å². The normalized spacial score (nSPS) is 10.5. The second-order valence-electron chi connectivity index (χ2n) is 11.0. The Balaban J connectivity index is 1.28. The van der Waals surface area contributed by atoms with Crippen LogP contribution in [0.1, 0.15) is 6.92 Å². The molecular formula is C41H34N2O5. The lowest BCUT2D eigenvalue weighted by molar-refractivity contribution is -0.120. The first-order valence-electron chi connectivity index (χ1n) is 15.5. The Hall–Kier alpha value is -6.34. The fourth-order valence-electron chi connectivity index (χ4n) is 5.38. The van der Waals surface area contributed by atoms with Crippen LogP contribution >= 0.6 is 0 Å². The monoisotopic (exact) mass is 634 g/mol. The van der Waals surface area contributed by atoms with Crippen molar-refractivity contribution >= 4 is 46.1 Å². The molecule has 0 N–H and O–H groups in total. The smallest absolute Gasteiger partial charge is 0.497 e. The lowest BCUT2D eigenvalue weighted by atomic mass is 10.0. The third-order valence-corrected chi connectivity index (χ3v) is 7.59. The van der Waals surface area contributed by atoms with Gasteiger partial charge in [-0.15, -0.1) is 0 Å². The van der Waals surface area contributed by atoms with Crippen molar-refractivity contribution in [2.45, 2.75) is 6.92 Å². The van der Waals surface area contributed by atoms with Gasteiger partial charge in [-0.1, -0.05) is 72.8 Å². The molecule has 0 bridgehead atoms. The molecule has 0 amide bonds. The van der Waals surface area contributed by atoms with Gasteiger partial charge in [0.05, 0.1) is 7.11 Å². The summed E-state index contributed by atoms with van der Waals surface area (Å²) in [5, 5.41) is 0. The Morgan fingerprint density at radius 2 is 0.917 bits per heavy atom. The molecule has 0 atom stereocenters. The van der Waals surface area contributed by atoms with Crippen LogP contribution in [0.15, 0.2) is 158 Å². The molecule has 48 heavy (non-hydrogen) atoms. The first-order valence-corrected chi connectivity index (χ1v) is 15.5. The highest BCUT2D eigenvalue weighted by molar-refractivity contribution is 5.82. The molecule has 7 nitrogen and oxygen atoms in total. The fraction of sp³-hybridized carbons (Fsp3) is 0.0732. The average molecular weight is 635 g/mol. The van der Waals surface area contributed by atoms with E-state index < -0.39 is 6.16 Å². The minimum atomic E-state index is -0.931. The minimum Gasteiger partial charge on any atom is -0.497 e. The molecule has 0 aliphatic carbocycles. The van der Waals surface area contributed by atoms with Crippen LogP contribution < -0.4 is 19.3 Å². The second kappa shape index (κ2) is 14.8. The number of methoxy groups -OCH3 is 1. The van der Waals surface area contributed by atoms with Crippen LogP contribution in [0, 0.1) is 0 Å². The van der Waals surface area contributed by atoms with Crippen molar-refractivity contribution in [2.75, 3.05) is 23.5 Å². The number of Topliss-reactive ketones (excluding diaryl/α,β-unsaturated/α-hetero) is 1. The maximum absolute atomic E-state index is 12.1. The Morgan fingerprint density at radius 1 is 0.500 bits per heavy atom. The molecule has 0 spiro atoms. The van der Waals surface area contributed by atoms with Crippen LogP contribution in [0.3, 0.4) is 0 Å². The third kappa shape index (κ3) is 7.54. The molecule has 6 aromatic rings. The largest absolute Gasteiger partial charge is 0.514 e. The second-order valence-corrected chi connectivity index (χ2v) is 11.0. The van der Waals surface area contributed by atoms with Gasteiger partial charge in [0.2, 0.25) is 0 Å². The Labute approximate surface area is 280 Å². The molecule has 0 aromatic heterocycles. The van der Waals surface area contributed by atoms with E-state index in [0.29, 0.717) is 5.75 Å². The first-order chi connectivity index (χ1) is 23.5. The number of carbonyl (C=O) groups excluding carboxylic acids is 2. The van der Waals surface area contributed by atoms with Crippen molar-refractivity contribution < 1.29 is 23.8 Å². The van der Waals surface area contributed by atoms with E-state index in [4.69, 9.17) is 14.2 Å². The van der Waals surface area contributed by atoms with Gasteiger partial charge in [-0.3, -0.25) is 4.79 Å². The summed E-state index contributed by atoms with van der Waals surface area (Å²) in [4.78, 5) is 27.6. The SMILES string of the molecule is COc1cccc(N(c2ccccc2)c2ccc(-c3ccc(N(c4ccccc4)c4cccc(OC(=O)OCC(C)=O)c4)cc3)cc2)c1. The number of hydrogen-bond donors (Lipinski definition) is 0. The lowest BCUT2D eigenvalue weighted by Crippen LogP contribution is -2.15. The van der Waals surface area contributed by atoms with Crippen molar-refractivity contribution in [1.82, 2.24) is 0 Å². The Morgan fingerprint density at radius 3 is 1.38 bits per heavy atom. The predicted octanol–water partition coefficient (Wildman–Crippen LogP) is 10.4. The fourth-order valence-corrected chi connectivity index (χ4v) is 5.38. The van der Waals surface area contributed by atoms with Crippen molar-refractivity contribution in [3.8, 4) is 22.6 Å². The Kier molecular flexibility index (Phi) is 9.78. The van der Waals surface area contributed by atoms with E-state index in [2.05, 4.69) is 76.5 Å². The topological polar surface area (TPSA) is 68.3 Å². The number of anilines is 6. The summed E-state index contributed by atoms with van der Waals surface area (Å²) in [5.74, 6) is 0.830. The number of nitrogens with zero attached hydrogens (tertiary/aromatic N) is 2. The van der Waals surface area contributed by atoms with Crippen LogP contribution in [0.5, 0.6) is 11.5 Å². The summed E-state index contributed by atoms with van der Waals surface area (Å²) in [6, 6.07) is 52.2. The van der Waals surface area contributed by atoms with Gasteiger partial charge in [-0.2, -0.15) is 0 Å². The number of benzene rings is 6. The minimum absolute atomic E-state index is 0.266. The lowest BCUT2D eigenvalue weighted by Gasteiger charge is -2.26. The van der Waals surface area contributed by atoms with Crippen LogP contribution in [0.4, 0.5) is 38.9 Å². The highest BCUT2D eigenvalue weighted by atomic mass is 16.7. The summed E-state index contributed by atoms with van der Waals surface area (Å²) >= 11 is 0. The molecule has 0 saturated carbocycles. The standard InChI is InChI=1S/C41H34N2O5/c1-30(44)29-47-41(45)48-40-18-10-16-38(28-40)43(34-13-7-4-8-14-34)36-25-21-32(22-26-36)31-19-23-35(24-20-31)42(33-11-5-3-6-12-33)37-15-9-17-39(27-37)46-2/h3-28H,29H2,1-2H3. The average Bonchev–Trinajstić information content (AvgIpc) is 3.13. The highest BCUT2D eigenvalue weighted by Crippen LogP contribution is 2.39. The number of ether oxygens (including phenoxy) is 3. The van der Waals surface area contributed by atoms with Crippen molar-refractivity contribution in [3.05, 3.63) is 158 Å². The van der Waals surface area contributed by atoms with Gasteiger partial charge in [0.15, 0.2) is 12.4 Å². The molecular weight excluding hydrogens is 600 g/mol. The molecule has 7 heteroatoms. The maximum atomic E-state index is 12.1. The number of hydrogen-bond acceptors (Lipinski definition) is 7. The van der Waals surface area contributed by atoms with E-state index in [9.17, 15) is 9.59 Å². The van der Waals surface area contributed by atoms with Crippen LogP contribution in [-0.4, -0.2) is 25.7 Å². The summed E-state index contributed by atoms with van der Waals surface area (Å²) in [5.41, 5.74) is 7.86. The zero-order valence-electron chi connectivity index (χ0n) is 26.7. The van der Waals surface area contributed by atoms with E-state index >= 15 is 0 Å². The summed E-state index contributed by atoms with van der Waals surface area (Å²) < 4.78 is 15.7. The van der Waals surface area contributed by atoms with Gasteiger partial charge in [-0.25, -0.2) is 4.79 Å². The molecule has 238 valence electrons. The van der Waals surface area contributed by atoms with Gasteiger partial charge in [0.1, 0.15) is 11.5 Å². The van der Waals surface area contributed by atoms with Crippen LogP contribution in [0.25, 0.3) is 11.1 Å². The summed E-state index contributed by atoms with van der Waals surface area (Å²) in [6.45, 7) is 1.01. The van der Waals surface area contributed by atoms with Gasteiger partial charge in [0.25, 0.3) is 0 Å². The van der Waals surface area contributed by atoms with Gasteiger partial charge in [-0.05, 0) is 90.8 Å². The summed E-state index contributed by atoms with van der Waals surface area (Å²) in [7, 11) is 1.68. The predicted molar refractivity (Wildman–Crippen MR) is 190 cm³/mol. The molecule has 6 rings (SSSR count). The molecule has 0 radical (unpaired) electrons. The van der Waals surface area contributed by atoms with E-state index in [1.54, 1.807) is 25.3 Å². The summed E-state index contributed by atoms with van der Waals surface area (Å²) in [6.07, 6.45) is -0.931. The van der Waals surface area contributed by atoms with E-state index in [-0.39, 0.29) is 12.4 Å². The maximum Gasteiger partial charge on any atom is 0.514 e.